The molecule has 1 fully saturated rings. The number of likely N-dealkylation sites (tertiary alicyclic amines) is 1. The lowest BCUT2D eigenvalue weighted by atomic mass is 9.87. The maximum atomic E-state index is 13.5. The molecule has 2 heterocycles. The third-order valence-electron chi connectivity index (χ3n) is 6.94. The molecule has 0 N–H and O–H groups in total. The molecule has 0 aliphatic carbocycles. The van der Waals surface area contributed by atoms with E-state index >= 15 is 0 Å². The second-order valence-electron chi connectivity index (χ2n) is 10.3. The van der Waals surface area contributed by atoms with E-state index in [0.717, 1.165) is 11.8 Å². The highest BCUT2D eigenvalue weighted by atomic mass is 19.4. The quantitative estimate of drug-likeness (QED) is 0.379. The minimum atomic E-state index is -4.39. The van der Waals surface area contributed by atoms with Crippen LogP contribution in [-0.2, 0) is 19.8 Å². The SMILES string of the molecule is CC(C)CN(CC1CN(Cc2cccn2C)CC1c1cccc(C(F)(F)F)c1)C(=O)c1ccccc1. The zero-order chi connectivity index (χ0) is 25.9. The second-order valence-corrected chi connectivity index (χ2v) is 10.3. The average Bonchev–Trinajstić information content (AvgIpc) is 3.43. The van der Waals surface area contributed by atoms with Gasteiger partial charge in [0.2, 0.25) is 0 Å². The van der Waals surface area contributed by atoms with Crippen molar-refractivity contribution in [2.45, 2.75) is 32.5 Å². The summed E-state index contributed by atoms with van der Waals surface area (Å²) in [7, 11) is 2.00. The third-order valence-corrected chi connectivity index (χ3v) is 6.94. The molecule has 7 heteroatoms. The minimum Gasteiger partial charge on any atom is -0.353 e. The van der Waals surface area contributed by atoms with Crippen LogP contribution in [0.5, 0.6) is 0 Å². The molecular formula is C29H34F3N3O. The molecule has 2 unspecified atom stereocenters. The fourth-order valence-corrected chi connectivity index (χ4v) is 5.22. The lowest BCUT2D eigenvalue weighted by Gasteiger charge is -2.30. The summed E-state index contributed by atoms with van der Waals surface area (Å²) >= 11 is 0. The van der Waals surface area contributed by atoms with E-state index < -0.39 is 11.7 Å². The van der Waals surface area contributed by atoms with Crippen LogP contribution in [0.2, 0.25) is 0 Å². The van der Waals surface area contributed by atoms with Crippen LogP contribution >= 0.6 is 0 Å². The monoisotopic (exact) mass is 497 g/mol. The highest BCUT2D eigenvalue weighted by Gasteiger charge is 2.38. The summed E-state index contributed by atoms with van der Waals surface area (Å²) in [6, 6.07) is 19.0. The van der Waals surface area contributed by atoms with Crippen LogP contribution in [0, 0.1) is 11.8 Å². The van der Waals surface area contributed by atoms with Crippen LogP contribution in [-0.4, -0.2) is 46.5 Å². The highest BCUT2D eigenvalue weighted by Crippen LogP contribution is 2.37. The number of aryl methyl sites for hydroxylation is 1. The fourth-order valence-electron chi connectivity index (χ4n) is 5.22. The number of amides is 1. The first-order valence-corrected chi connectivity index (χ1v) is 12.5. The van der Waals surface area contributed by atoms with E-state index in [2.05, 4.69) is 29.4 Å². The Balaban J connectivity index is 1.63. The summed E-state index contributed by atoms with van der Waals surface area (Å²) < 4.78 is 42.6. The van der Waals surface area contributed by atoms with Crippen LogP contribution in [0.4, 0.5) is 13.2 Å². The van der Waals surface area contributed by atoms with Gasteiger partial charge < -0.3 is 9.47 Å². The van der Waals surface area contributed by atoms with Crippen molar-refractivity contribution in [3.05, 3.63) is 95.3 Å². The van der Waals surface area contributed by atoms with Crippen molar-refractivity contribution in [3.63, 3.8) is 0 Å². The van der Waals surface area contributed by atoms with Gasteiger partial charge in [-0.3, -0.25) is 9.69 Å². The van der Waals surface area contributed by atoms with Crippen LogP contribution in [0.3, 0.4) is 0 Å². The maximum Gasteiger partial charge on any atom is 0.416 e. The number of alkyl halides is 3. The number of carbonyl (C=O) groups is 1. The number of hydrogen-bond acceptors (Lipinski definition) is 2. The van der Waals surface area contributed by atoms with Gasteiger partial charge in [-0.15, -0.1) is 0 Å². The molecule has 0 saturated carbocycles. The predicted octanol–water partition coefficient (Wildman–Crippen LogP) is 6.06. The molecule has 2 aromatic carbocycles. The van der Waals surface area contributed by atoms with E-state index in [0.29, 0.717) is 43.9 Å². The maximum absolute atomic E-state index is 13.5. The topological polar surface area (TPSA) is 28.5 Å². The minimum absolute atomic E-state index is 0.0140. The van der Waals surface area contributed by atoms with Gasteiger partial charge in [-0.1, -0.05) is 50.2 Å². The van der Waals surface area contributed by atoms with Gasteiger partial charge in [-0.2, -0.15) is 13.2 Å². The Kier molecular flexibility index (Phi) is 7.88. The van der Waals surface area contributed by atoms with Gasteiger partial charge in [-0.25, -0.2) is 0 Å². The number of benzene rings is 2. The molecule has 0 spiro atoms. The van der Waals surface area contributed by atoms with E-state index in [1.54, 1.807) is 6.07 Å². The zero-order valence-electron chi connectivity index (χ0n) is 21.1. The number of hydrogen-bond donors (Lipinski definition) is 0. The molecule has 3 aromatic rings. The van der Waals surface area contributed by atoms with Crippen molar-refractivity contribution < 1.29 is 18.0 Å². The number of rotatable bonds is 8. The average molecular weight is 498 g/mol. The fraction of sp³-hybridized carbons (Fsp3) is 0.414. The van der Waals surface area contributed by atoms with Gasteiger partial charge in [0.15, 0.2) is 0 Å². The number of halogens is 3. The zero-order valence-corrected chi connectivity index (χ0v) is 21.1. The first-order chi connectivity index (χ1) is 17.1. The van der Waals surface area contributed by atoms with Crippen molar-refractivity contribution >= 4 is 5.91 Å². The molecule has 4 nitrogen and oxygen atoms in total. The highest BCUT2D eigenvalue weighted by molar-refractivity contribution is 5.94. The van der Waals surface area contributed by atoms with E-state index in [1.165, 1.54) is 12.1 Å². The van der Waals surface area contributed by atoms with Gasteiger partial charge in [-0.05, 0) is 47.7 Å². The molecule has 4 rings (SSSR count). The standard InChI is InChI=1S/C29H34F3N3O/c1-21(2)16-35(28(36)22-9-5-4-6-10-22)18-24-17-34(19-26-13-8-14-33(26)3)20-27(24)23-11-7-12-25(15-23)29(30,31)32/h4-15,21,24,27H,16-20H2,1-3H3. The molecule has 1 amide bonds. The Morgan fingerprint density at radius 2 is 1.78 bits per heavy atom. The van der Waals surface area contributed by atoms with Crippen molar-refractivity contribution in [1.29, 1.82) is 0 Å². The van der Waals surface area contributed by atoms with Gasteiger partial charge in [0.05, 0.1) is 5.56 Å². The normalized spacial score (nSPS) is 18.6. The predicted molar refractivity (Wildman–Crippen MR) is 136 cm³/mol. The van der Waals surface area contributed by atoms with E-state index in [4.69, 9.17) is 0 Å². The summed E-state index contributed by atoms with van der Waals surface area (Å²) in [5, 5.41) is 0. The molecule has 192 valence electrons. The smallest absolute Gasteiger partial charge is 0.353 e. The van der Waals surface area contributed by atoms with Gasteiger partial charge in [0.1, 0.15) is 0 Å². The first-order valence-electron chi connectivity index (χ1n) is 12.5. The van der Waals surface area contributed by atoms with Gasteiger partial charge >= 0.3 is 6.18 Å². The number of nitrogens with zero attached hydrogens (tertiary/aromatic N) is 3. The molecule has 1 aliphatic heterocycles. The summed E-state index contributed by atoms with van der Waals surface area (Å²) in [5.41, 5.74) is 1.84. The Morgan fingerprint density at radius 3 is 2.42 bits per heavy atom. The van der Waals surface area contributed by atoms with Crippen molar-refractivity contribution in [2.75, 3.05) is 26.2 Å². The summed E-state index contributed by atoms with van der Waals surface area (Å²) in [4.78, 5) is 17.6. The molecule has 1 aromatic heterocycles. The van der Waals surface area contributed by atoms with Crippen LogP contribution in [0.25, 0.3) is 0 Å². The Bertz CT molecular complexity index is 1160. The van der Waals surface area contributed by atoms with Crippen LogP contribution in [0.15, 0.2) is 72.9 Å². The summed E-state index contributed by atoms with van der Waals surface area (Å²) in [6.07, 6.45) is -2.39. The second kappa shape index (κ2) is 10.9. The van der Waals surface area contributed by atoms with Crippen LogP contribution in [0.1, 0.15) is 46.9 Å². The molecule has 0 radical (unpaired) electrons. The van der Waals surface area contributed by atoms with Crippen molar-refractivity contribution in [2.24, 2.45) is 18.9 Å². The third kappa shape index (κ3) is 6.19. The van der Waals surface area contributed by atoms with Crippen molar-refractivity contribution in [1.82, 2.24) is 14.4 Å². The molecular weight excluding hydrogens is 463 g/mol. The van der Waals surface area contributed by atoms with Gasteiger partial charge in [0.25, 0.3) is 5.91 Å². The van der Waals surface area contributed by atoms with E-state index in [1.807, 2.05) is 54.5 Å². The molecule has 0 bridgehead atoms. The molecule has 2 atom stereocenters. The Morgan fingerprint density at radius 1 is 1.03 bits per heavy atom. The number of carbonyl (C=O) groups excluding carboxylic acids is 1. The summed E-state index contributed by atoms with van der Waals surface area (Å²) in [5.74, 6) is 0.143. The van der Waals surface area contributed by atoms with Gasteiger partial charge in [0, 0.05) is 63.1 Å². The van der Waals surface area contributed by atoms with E-state index in [-0.39, 0.29) is 23.7 Å². The van der Waals surface area contributed by atoms with Crippen molar-refractivity contribution in [3.8, 4) is 0 Å². The molecule has 36 heavy (non-hydrogen) atoms. The number of aromatic nitrogens is 1. The van der Waals surface area contributed by atoms with Crippen LogP contribution < -0.4 is 0 Å². The van der Waals surface area contributed by atoms with E-state index in [9.17, 15) is 18.0 Å². The Hall–Kier alpha value is -3.06. The Labute approximate surface area is 211 Å². The first kappa shape index (κ1) is 26.0. The molecule has 1 saturated heterocycles. The lowest BCUT2D eigenvalue weighted by Crippen LogP contribution is -2.39. The lowest BCUT2D eigenvalue weighted by molar-refractivity contribution is -0.137. The largest absolute Gasteiger partial charge is 0.416 e. The molecule has 1 aliphatic rings. The summed E-state index contributed by atoms with van der Waals surface area (Å²) in [6.45, 7) is 7.31.